The summed E-state index contributed by atoms with van der Waals surface area (Å²) in [6.07, 6.45) is 1.62. The van der Waals surface area contributed by atoms with E-state index in [1.165, 1.54) is 6.92 Å². The van der Waals surface area contributed by atoms with Gasteiger partial charge >= 0.3 is 0 Å². The SMILES string of the molecule is CCC(C)C(N)C(=O)NCCc1ccc(NC(C)=O)cc1.Cl. The highest BCUT2D eigenvalue weighted by atomic mass is 35.5. The first-order valence-corrected chi connectivity index (χ1v) is 7.33. The molecule has 0 aliphatic carbocycles. The van der Waals surface area contributed by atoms with Gasteiger partial charge in [0.2, 0.25) is 11.8 Å². The molecule has 6 heteroatoms. The molecule has 0 fully saturated rings. The summed E-state index contributed by atoms with van der Waals surface area (Å²) in [5, 5.41) is 5.57. The lowest BCUT2D eigenvalue weighted by Crippen LogP contribution is -2.45. The number of carbonyl (C=O) groups is 2. The van der Waals surface area contributed by atoms with Gasteiger partial charge in [-0.2, -0.15) is 0 Å². The number of rotatable bonds is 7. The molecular weight excluding hydrogens is 302 g/mol. The van der Waals surface area contributed by atoms with Gasteiger partial charge in [0.25, 0.3) is 0 Å². The van der Waals surface area contributed by atoms with Crippen molar-refractivity contribution >= 4 is 29.9 Å². The number of halogens is 1. The molecular formula is C16H26ClN3O2. The molecule has 0 heterocycles. The van der Waals surface area contributed by atoms with Gasteiger partial charge in [0.1, 0.15) is 0 Å². The monoisotopic (exact) mass is 327 g/mol. The Labute approximate surface area is 138 Å². The van der Waals surface area contributed by atoms with E-state index in [1.807, 2.05) is 38.1 Å². The normalized spacial score (nSPS) is 12.7. The zero-order chi connectivity index (χ0) is 15.8. The van der Waals surface area contributed by atoms with Gasteiger partial charge in [0, 0.05) is 19.2 Å². The van der Waals surface area contributed by atoms with Crippen LogP contribution in [0, 0.1) is 5.92 Å². The summed E-state index contributed by atoms with van der Waals surface area (Å²) in [5.74, 6) is -0.00444. The summed E-state index contributed by atoms with van der Waals surface area (Å²) < 4.78 is 0. The van der Waals surface area contributed by atoms with Gasteiger partial charge in [0.05, 0.1) is 6.04 Å². The molecule has 0 spiro atoms. The van der Waals surface area contributed by atoms with Crippen LogP contribution in [0.25, 0.3) is 0 Å². The first-order valence-electron chi connectivity index (χ1n) is 7.33. The Bertz CT molecular complexity index is 477. The molecule has 0 aliphatic rings. The Morgan fingerprint density at radius 3 is 2.32 bits per heavy atom. The molecule has 5 nitrogen and oxygen atoms in total. The number of nitrogens with one attached hydrogen (secondary N) is 2. The summed E-state index contributed by atoms with van der Waals surface area (Å²) in [7, 11) is 0. The van der Waals surface area contributed by atoms with Crippen LogP contribution in [0.3, 0.4) is 0 Å². The third kappa shape index (κ3) is 6.91. The van der Waals surface area contributed by atoms with E-state index in [0.29, 0.717) is 6.54 Å². The standard InChI is InChI=1S/C16H25N3O2.ClH/c1-4-11(2)15(17)16(21)18-10-9-13-5-7-14(8-6-13)19-12(3)20;/h5-8,11,15H,4,9-10,17H2,1-3H3,(H,18,21)(H,19,20);1H. The third-order valence-electron chi connectivity index (χ3n) is 3.55. The molecule has 1 aromatic carbocycles. The molecule has 1 aromatic rings. The van der Waals surface area contributed by atoms with Crippen molar-refractivity contribution in [3.63, 3.8) is 0 Å². The maximum absolute atomic E-state index is 11.8. The summed E-state index contributed by atoms with van der Waals surface area (Å²) in [4.78, 5) is 22.7. The molecule has 1 rings (SSSR count). The van der Waals surface area contributed by atoms with Gasteiger partial charge in [-0.3, -0.25) is 9.59 Å². The lowest BCUT2D eigenvalue weighted by atomic mass is 9.99. The first kappa shape index (κ1) is 20.4. The Kier molecular flexibility index (Phi) is 9.45. The van der Waals surface area contributed by atoms with E-state index in [-0.39, 0.29) is 30.1 Å². The number of anilines is 1. The Morgan fingerprint density at radius 2 is 1.82 bits per heavy atom. The highest BCUT2D eigenvalue weighted by molar-refractivity contribution is 5.88. The van der Waals surface area contributed by atoms with Crippen LogP contribution < -0.4 is 16.4 Å². The van der Waals surface area contributed by atoms with E-state index in [1.54, 1.807) is 0 Å². The number of carbonyl (C=O) groups excluding carboxylic acids is 2. The van der Waals surface area contributed by atoms with Crippen molar-refractivity contribution in [3.05, 3.63) is 29.8 Å². The van der Waals surface area contributed by atoms with Gasteiger partial charge in [-0.25, -0.2) is 0 Å². The molecule has 0 radical (unpaired) electrons. The molecule has 0 bridgehead atoms. The third-order valence-corrected chi connectivity index (χ3v) is 3.55. The fraction of sp³-hybridized carbons (Fsp3) is 0.500. The van der Waals surface area contributed by atoms with Crippen molar-refractivity contribution in [1.29, 1.82) is 0 Å². The lowest BCUT2D eigenvalue weighted by Gasteiger charge is -2.17. The Balaban J connectivity index is 0.00000441. The van der Waals surface area contributed by atoms with Crippen LogP contribution >= 0.6 is 12.4 Å². The lowest BCUT2D eigenvalue weighted by molar-refractivity contribution is -0.123. The second-order valence-electron chi connectivity index (χ2n) is 5.33. The van der Waals surface area contributed by atoms with E-state index in [9.17, 15) is 9.59 Å². The maximum atomic E-state index is 11.8. The van der Waals surface area contributed by atoms with E-state index in [4.69, 9.17) is 5.73 Å². The molecule has 4 N–H and O–H groups in total. The summed E-state index contributed by atoms with van der Waals surface area (Å²) in [6.45, 7) is 6.03. The van der Waals surface area contributed by atoms with Gasteiger partial charge < -0.3 is 16.4 Å². The highest BCUT2D eigenvalue weighted by Gasteiger charge is 2.18. The zero-order valence-electron chi connectivity index (χ0n) is 13.4. The van der Waals surface area contributed by atoms with Crippen molar-refractivity contribution in [2.75, 3.05) is 11.9 Å². The number of hydrogen-bond donors (Lipinski definition) is 3. The number of nitrogens with two attached hydrogens (primary N) is 1. The van der Waals surface area contributed by atoms with Crippen molar-refractivity contribution in [1.82, 2.24) is 5.32 Å². The maximum Gasteiger partial charge on any atom is 0.237 e. The van der Waals surface area contributed by atoms with Gasteiger partial charge in [-0.1, -0.05) is 32.4 Å². The van der Waals surface area contributed by atoms with Crippen molar-refractivity contribution < 1.29 is 9.59 Å². The number of benzene rings is 1. The van der Waals surface area contributed by atoms with Gasteiger partial charge in [0.15, 0.2) is 0 Å². The van der Waals surface area contributed by atoms with Crippen LogP contribution in [-0.4, -0.2) is 24.4 Å². The van der Waals surface area contributed by atoms with Crippen LogP contribution in [0.4, 0.5) is 5.69 Å². The number of hydrogen-bond acceptors (Lipinski definition) is 3. The fourth-order valence-electron chi connectivity index (χ4n) is 1.92. The summed E-state index contributed by atoms with van der Waals surface area (Å²) in [5.41, 5.74) is 7.74. The van der Waals surface area contributed by atoms with E-state index < -0.39 is 6.04 Å². The van der Waals surface area contributed by atoms with Crippen LogP contribution in [0.5, 0.6) is 0 Å². The van der Waals surface area contributed by atoms with Gasteiger partial charge in [-0.15, -0.1) is 12.4 Å². The quantitative estimate of drug-likeness (QED) is 0.717. The molecule has 22 heavy (non-hydrogen) atoms. The summed E-state index contributed by atoms with van der Waals surface area (Å²) in [6, 6.07) is 7.13. The average molecular weight is 328 g/mol. The molecule has 2 amide bonds. The van der Waals surface area contributed by atoms with Crippen molar-refractivity contribution in [2.24, 2.45) is 11.7 Å². The molecule has 2 atom stereocenters. The second-order valence-corrected chi connectivity index (χ2v) is 5.33. The molecule has 0 saturated carbocycles. The largest absolute Gasteiger partial charge is 0.354 e. The molecule has 0 aliphatic heterocycles. The van der Waals surface area contributed by atoms with Crippen LogP contribution in [0.1, 0.15) is 32.8 Å². The second kappa shape index (κ2) is 10.2. The van der Waals surface area contributed by atoms with Crippen LogP contribution in [-0.2, 0) is 16.0 Å². The number of amides is 2. The fourth-order valence-corrected chi connectivity index (χ4v) is 1.92. The van der Waals surface area contributed by atoms with E-state index >= 15 is 0 Å². The minimum Gasteiger partial charge on any atom is -0.354 e. The zero-order valence-corrected chi connectivity index (χ0v) is 14.2. The first-order chi connectivity index (χ1) is 9.93. The predicted octanol–water partition coefficient (Wildman–Crippen LogP) is 2.10. The topological polar surface area (TPSA) is 84.2 Å². The minimum atomic E-state index is -0.447. The molecule has 0 saturated heterocycles. The van der Waals surface area contributed by atoms with Crippen molar-refractivity contribution in [3.8, 4) is 0 Å². The van der Waals surface area contributed by atoms with Crippen LogP contribution in [0.15, 0.2) is 24.3 Å². The average Bonchev–Trinajstić information content (AvgIpc) is 2.46. The Hall–Kier alpha value is -1.59. The molecule has 0 aromatic heterocycles. The molecule has 2 unspecified atom stereocenters. The Morgan fingerprint density at radius 1 is 1.23 bits per heavy atom. The molecule has 124 valence electrons. The smallest absolute Gasteiger partial charge is 0.237 e. The van der Waals surface area contributed by atoms with E-state index in [2.05, 4.69) is 10.6 Å². The van der Waals surface area contributed by atoms with Crippen molar-refractivity contribution in [2.45, 2.75) is 39.7 Å². The highest BCUT2D eigenvalue weighted by Crippen LogP contribution is 2.10. The summed E-state index contributed by atoms with van der Waals surface area (Å²) >= 11 is 0. The predicted molar refractivity (Wildman–Crippen MR) is 92.1 cm³/mol. The van der Waals surface area contributed by atoms with Crippen LogP contribution in [0.2, 0.25) is 0 Å². The minimum absolute atomic E-state index is 0. The van der Waals surface area contributed by atoms with E-state index in [0.717, 1.165) is 24.1 Å². The van der Waals surface area contributed by atoms with Gasteiger partial charge in [-0.05, 0) is 30.0 Å².